The largest absolute Gasteiger partial charge is 0.341 e. The predicted molar refractivity (Wildman–Crippen MR) is 75.9 cm³/mol. The number of likely N-dealkylation sites (tertiary alicyclic amines) is 1. The predicted octanol–water partition coefficient (Wildman–Crippen LogP) is 1.09. The van der Waals surface area contributed by atoms with E-state index in [2.05, 4.69) is 19.0 Å². The molecule has 0 spiro atoms. The van der Waals surface area contributed by atoms with Gasteiger partial charge in [-0.05, 0) is 39.8 Å². The molecule has 1 saturated heterocycles. The molecule has 2 rings (SSSR count). The van der Waals surface area contributed by atoms with Crippen LogP contribution in [0.4, 0.5) is 0 Å². The molecule has 4 nitrogen and oxygen atoms in total. The summed E-state index contributed by atoms with van der Waals surface area (Å²) >= 11 is 0. The van der Waals surface area contributed by atoms with Crippen LogP contribution in [-0.4, -0.2) is 55.0 Å². The Morgan fingerprint density at radius 3 is 2.56 bits per heavy atom. The first-order valence-corrected chi connectivity index (χ1v) is 6.78. The minimum Gasteiger partial charge on any atom is -0.341 e. The number of rotatable bonds is 2. The lowest BCUT2D eigenvalue weighted by molar-refractivity contribution is -0.135. The summed E-state index contributed by atoms with van der Waals surface area (Å²) in [5.41, 5.74) is 5.96. The fourth-order valence-corrected chi connectivity index (χ4v) is 3.07. The molecule has 18 heavy (non-hydrogen) atoms. The molecule has 5 heteroatoms. The standard InChI is InChI=1S/C13H25N3O.ClH/c1-15(2)12-6-7-16(9-12)13(17)10-4-3-5-11(14)8-10;/h10-12H,3-9,14H2,1-2H3;1H. The topological polar surface area (TPSA) is 49.6 Å². The molecule has 1 saturated carbocycles. The molecule has 3 unspecified atom stereocenters. The molecule has 0 radical (unpaired) electrons. The van der Waals surface area contributed by atoms with Crippen molar-refractivity contribution in [1.29, 1.82) is 0 Å². The Labute approximate surface area is 116 Å². The minimum atomic E-state index is 0. The minimum absolute atomic E-state index is 0. The van der Waals surface area contributed by atoms with Crippen molar-refractivity contribution >= 4 is 18.3 Å². The molecule has 3 atom stereocenters. The van der Waals surface area contributed by atoms with E-state index in [4.69, 9.17) is 5.73 Å². The molecule has 106 valence electrons. The number of nitrogens with two attached hydrogens (primary N) is 1. The van der Waals surface area contributed by atoms with E-state index in [9.17, 15) is 4.79 Å². The number of carbonyl (C=O) groups is 1. The molecule has 0 bridgehead atoms. The van der Waals surface area contributed by atoms with E-state index in [1.54, 1.807) is 0 Å². The lowest BCUT2D eigenvalue weighted by atomic mass is 9.85. The molecule has 2 fully saturated rings. The smallest absolute Gasteiger partial charge is 0.225 e. The van der Waals surface area contributed by atoms with E-state index >= 15 is 0 Å². The van der Waals surface area contributed by atoms with Gasteiger partial charge in [0.2, 0.25) is 5.91 Å². The molecule has 0 aromatic carbocycles. The van der Waals surface area contributed by atoms with Crippen LogP contribution in [0.3, 0.4) is 0 Å². The number of hydrogen-bond acceptors (Lipinski definition) is 3. The average Bonchev–Trinajstić information content (AvgIpc) is 2.77. The quantitative estimate of drug-likeness (QED) is 0.821. The third-order valence-electron chi connectivity index (χ3n) is 4.27. The average molecular weight is 276 g/mol. The van der Waals surface area contributed by atoms with Gasteiger partial charge in [-0.1, -0.05) is 6.42 Å². The van der Waals surface area contributed by atoms with E-state index in [0.717, 1.165) is 45.2 Å². The molecular formula is C13H26ClN3O. The van der Waals surface area contributed by atoms with E-state index < -0.39 is 0 Å². The van der Waals surface area contributed by atoms with Crippen molar-refractivity contribution in [3.05, 3.63) is 0 Å². The summed E-state index contributed by atoms with van der Waals surface area (Å²) in [5.74, 6) is 0.546. The van der Waals surface area contributed by atoms with E-state index in [1.165, 1.54) is 0 Å². The Balaban J connectivity index is 0.00000162. The summed E-state index contributed by atoms with van der Waals surface area (Å²) < 4.78 is 0. The van der Waals surface area contributed by atoms with Gasteiger partial charge in [-0.25, -0.2) is 0 Å². The van der Waals surface area contributed by atoms with Crippen molar-refractivity contribution in [3.63, 3.8) is 0 Å². The van der Waals surface area contributed by atoms with Gasteiger partial charge in [0.25, 0.3) is 0 Å². The highest BCUT2D eigenvalue weighted by molar-refractivity contribution is 5.85. The second kappa shape index (κ2) is 6.73. The highest BCUT2D eigenvalue weighted by Crippen LogP contribution is 2.26. The zero-order valence-corrected chi connectivity index (χ0v) is 12.3. The van der Waals surface area contributed by atoms with Crippen LogP contribution < -0.4 is 5.73 Å². The monoisotopic (exact) mass is 275 g/mol. The van der Waals surface area contributed by atoms with Gasteiger partial charge < -0.3 is 15.5 Å². The van der Waals surface area contributed by atoms with E-state index in [1.807, 2.05) is 4.90 Å². The van der Waals surface area contributed by atoms with Crippen molar-refractivity contribution in [2.45, 2.75) is 44.2 Å². The Bertz CT molecular complexity index is 285. The second-order valence-corrected chi connectivity index (χ2v) is 5.81. The Kier molecular flexibility index (Phi) is 5.89. The van der Waals surface area contributed by atoms with Crippen LogP contribution in [0.15, 0.2) is 0 Å². The maximum atomic E-state index is 12.4. The fourth-order valence-electron chi connectivity index (χ4n) is 3.07. The van der Waals surface area contributed by atoms with Crippen molar-refractivity contribution in [3.8, 4) is 0 Å². The Hall–Kier alpha value is -0.320. The number of hydrogen-bond donors (Lipinski definition) is 1. The van der Waals surface area contributed by atoms with Gasteiger partial charge in [0.05, 0.1) is 0 Å². The van der Waals surface area contributed by atoms with Crippen molar-refractivity contribution in [2.24, 2.45) is 11.7 Å². The van der Waals surface area contributed by atoms with Crippen molar-refractivity contribution in [2.75, 3.05) is 27.2 Å². The molecule has 1 heterocycles. The van der Waals surface area contributed by atoms with E-state index in [-0.39, 0.29) is 24.4 Å². The van der Waals surface area contributed by atoms with Gasteiger partial charge in [0.1, 0.15) is 0 Å². The molecule has 1 amide bonds. The van der Waals surface area contributed by atoms with Gasteiger partial charge in [-0.3, -0.25) is 4.79 Å². The fraction of sp³-hybridized carbons (Fsp3) is 0.923. The summed E-state index contributed by atoms with van der Waals surface area (Å²) in [6, 6.07) is 0.779. The SMILES string of the molecule is CN(C)C1CCN(C(=O)C2CCCC(N)C2)C1.Cl. The number of likely N-dealkylation sites (N-methyl/N-ethyl adjacent to an activating group) is 1. The summed E-state index contributed by atoms with van der Waals surface area (Å²) in [6.07, 6.45) is 5.24. The second-order valence-electron chi connectivity index (χ2n) is 5.81. The number of halogens is 1. The normalized spacial score (nSPS) is 32.4. The summed E-state index contributed by atoms with van der Waals surface area (Å²) in [4.78, 5) is 16.6. The summed E-state index contributed by atoms with van der Waals surface area (Å²) in [5, 5.41) is 0. The van der Waals surface area contributed by atoms with Gasteiger partial charge in [0.15, 0.2) is 0 Å². The first kappa shape index (κ1) is 15.7. The van der Waals surface area contributed by atoms with Gasteiger partial charge in [0, 0.05) is 31.1 Å². The van der Waals surface area contributed by atoms with Crippen LogP contribution in [0, 0.1) is 5.92 Å². The van der Waals surface area contributed by atoms with Crippen molar-refractivity contribution in [1.82, 2.24) is 9.80 Å². The maximum Gasteiger partial charge on any atom is 0.225 e. The molecular weight excluding hydrogens is 250 g/mol. The Morgan fingerprint density at radius 2 is 2.00 bits per heavy atom. The van der Waals surface area contributed by atoms with Crippen LogP contribution >= 0.6 is 12.4 Å². The van der Waals surface area contributed by atoms with Crippen molar-refractivity contribution < 1.29 is 4.79 Å². The highest BCUT2D eigenvalue weighted by atomic mass is 35.5. The molecule has 1 aliphatic heterocycles. The molecule has 2 aliphatic rings. The van der Waals surface area contributed by atoms with Crippen LogP contribution in [0.1, 0.15) is 32.1 Å². The van der Waals surface area contributed by atoms with Crippen LogP contribution in [0.25, 0.3) is 0 Å². The van der Waals surface area contributed by atoms with Crippen LogP contribution in [0.2, 0.25) is 0 Å². The highest BCUT2D eigenvalue weighted by Gasteiger charge is 2.33. The lowest BCUT2D eigenvalue weighted by Crippen LogP contribution is -2.41. The molecule has 0 aromatic rings. The number of carbonyl (C=O) groups excluding carboxylic acids is 1. The number of nitrogens with zero attached hydrogens (tertiary/aromatic N) is 2. The molecule has 1 aliphatic carbocycles. The summed E-state index contributed by atoms with van der Waals surface area (Å²) in [6.45, 7) is 1.82. The third kappa shape index (κ3) is 3.59. The van der Waals surface area contributed by atoms with Crippen LogP contribution in [-0.2, 0) is 4.79 Å². The molecule has 2 N–H and O–H groups in total. The first-order chi connectivity index (χ1) is 8.08. The van der Waals surface area contributed by atoms with Gasteiger partial charge in [-0.2, -0.15) is 0 Å². The van der Waals surface area contributed by atoms with Crippen LogP contribution in [0.5, 0.6) is 0 Å². The zero-order chi connectivity index (χ0) is 12.4. The summed E-state index contributed by atoms with van der Waals surface area (Å²) in [7, 11) is 4.18. The Morgan fingerprint density at radius 1 is 1.28 bits per heavy atom. The van der Waals surface area contributed by atoms with Gasteiger partial charge in [-0.15, -0.1) is 12.4 Å². The zero-order valence-electron chi connectivity index (χ0n) is 11.5. The number of amides is 1. The lowest BCUT2D eigenvalue weighted by Gasteiger charge is -2.29. The maximum absolute atomic E-state index is 12.4. The molecule has 0 aromatic heterocycles. The first-order valence-electron chi connectivity index (χ1n) is 6.78. The third-order valence-corrected chi connectivity index (χ3v) is 4.27. The van der Waals surface area contributed by atoms with E-state index in [0.29, 0.717) is 11.9 Å². The van der Waals surface area contributed by atoms with Gasteiger partial charge >= 0.3 is 0 Å².